The molecular formula is C28H47NO4. The Kier molecular flexibility index (Phi) is 17.1. The molecule has 1 aromatic rings. The number of hydrogen-bond donors (Lipinski definition) is 1. The lowest BCUT2D eigenvalue weighted by molar-refractivity contribution is -0.145. The Bertz CT molecular complexity index is 647. The van der Waals surface area contributed by atoms with E-state index in [4.69, 9.17) is 9.47 Å². The first-order valence-electron chi connectivity index (χ1n) is 13.2. The van der Waals surface area contributed by atoms with Gasteiger partial charge in [0.05, 0.1) is 13.7 Å². The van der Waals surface area contributed by atoms with Gasteiger partial charge >= 0.3 is 5.97 Å². The Morgan fingerprint density at radius 1 is 0.818 bits per heavy atom. The number of carbonyl (C=O) groups excluding carboxylic acids is 2. The Balaban J connectivity index is 1.95. The van der Waals surface area contributed by atoms with E-state index in [9.17, 15) is 9.59 Å². The van der Waals surface area contributed by atoms with Crippen LogP contribution in [0.25, 0.3) is 0 Å². The summed E-state index contributed by atoms with van der Waals surface area (Å²) in [5.74, 6) is -0.104. The van der Waals surface area contributed by atoms with E-state index in [0.717, 1.165) is 12.8 Å². The predicted octanol–water partition coefficient (Wildman–Crippen LogP) is 7.23. The quantitative estimate of drug-likeness (QED) is 0.164. The van der Waals surface area contributed by atoms with Crippen molar-refractivity contribution >= 4 is 11.9 Å². The molecule has 0 bridgehead atoms. The van der Waals surface area contributed by atoms with Crippen molar-refractivity contribution in [3.05, 3.63) is 29.8 Å². The third-order valence-corrected chi connectivity index (χ3v) is 6.03. The number of amides is 1. The van der Waals surface area contributed by atoms with Crippen LogP contribution < -0.4 is 10.1 Å². The maximum Gasteiger partial charge on any atom is 0.328 e. The van der Waals surface area contributed by atoms with Crippen LogP contribution in [0.1, 0.15) is 121 Å². The zero-order valence-electron chi connectivity index (χ0n) is 21.3. The zero-order valence-corrected chi connectivity index (χ0v) is 21.3. The van der Waals surface area contributed by atoms with Crippen molar-refractivity contribution < 1.29 is 19.1 Å². The van der Waals surface area contributed by atoms with Crippen molar-refractivity contribution in [3.8, 4) is 5.75 Å². The van der Waals surface area contributed by atoms with Gasteiger partial charge in [-0.2, -0.15) is 0 Å². The fraction of sp³-hybridized carbons (Fsp3) is 0.714. The molecule has 0 aromatic heterocycles. The molecule has 0 spiro atoms. The lowest BCUT2D eigenvalue weighted by atomic mass is 10.0. The van der Waals surface area contributed by atoms with Crippen LogP contribution in [0, 0.1) is 0 Å². The third kappa shape index (κ3) is 14.7. The van der Waals surface area contributed by atoms with E-state index in [2.05, 4.69) is 12.2 Å². The summed E-state index contributed by atoms with van der Waals surface area (Å²) in [6, 6.07) is 6.16. The molecule has 1 aromatic carbocycles. The van der Waals surface area contributed by atoms with Crippen molar-refractivity contribution in [2.75, 3.05) is 13.7 Å². The number of methoxy groups -OCH3 is 1. The van der Waals surface area contributed by atoms with Crippen LogP contribution in [0.4, 0.5) is 0 Å². The molecule has 0 aliphatic heterocycles. The molecule has 1 N–H and O–H groups in total. The topological polar surface area (TPSA) is 64.6 Å². The number of unbranched alkanes of at least 4 members (excludes halogenated alkanes) is 14. The normalized spacial score (nSPS) is 11.7. The van der Waals surface area contributed by atoms with Crippen LogP contribution in [0.5, 0.6) is 5.75 Å². The molecule has 0 aliphatic rings. The van der Waals surface area contributed by atoms with Gasteiger partial charge in [-0.1, -0.05) is 103 Å². The van der Waals surface area contributed by atoms with E-state index in [1.165, 1.54) is 83.5 Å². The number of rotatable bonds is 20. The summed E-state index contributed by atoms with van der Waals surface area (Å²) < 4.78 is 10.4. The predicted molar refractivity (Wildman–Crippen MR) is 136 cm³/mol. The molecular weight excluding hydrogens is 414 g/mol. The van der Waals surface area contributed by atoms with Crippen LogP contribution in [0.2, 0.25) is 0 Å². The van der Waals surface area contributed by atoms with Crippen molar-refractivity contribution in [1.82, 2.24) is 5.32 Å². The molecule has 1 atom stereocenters. The maximum absolute atomic E-state index is 12.3. The average Bonchev–Trinajstić information content (AvgIpc) is 2.83. The van der Waals surface area contributed by atoms with Gasteiger partial charge in [0.25, 0.3) is 5.91 Å². The smallest absolute Gasteiger partial charge is 0.328 e. The van der Waals surface area contributed by atoms with Gasteiger partial charge in [-0.05, 0) is 31.5 Å². The van der Waals surface area contributed by atoms with E-state index in [-0.39, 0.29) is 5.91 Å². The highest BCUT2D eigenvalue weighted by Crippen LogP contribution is 2.14. The Hall–Kier alpha value is -2.04. The zero-order chi connectivity index (χ0) is 24.2. The summed E-state index contributed by atoms with van der Waals surface area (Å²) in [5.41, 5.74) is 0.455. The first-order chi connectivity index (χ1) is 16.1. The van der Waals surface area contributed by atoms with E-state index < -0.39 is 12.0 Å². The summed E-state index contributed by atoms with van der Waals surface area (Å²) in [7, 11) is 1.55. The van der Waals surface area contributed by atoms with E-state index in [1.807, 2.05) is 0 Å². The molecule has 1 unspecified atom stereocenters. The Morgan fingerprint density at radius 3 is 1.85 bits per heavy atom. The van der Waals surface area contributed by atoms with Crippen molar-refractivity contribution in [2.45, 2.75) is 116 Å². The number of carbonyl (C=O) groups is 2. The highest BCUT2D eigenvalue weighted by Gasteiger charge is 2.18. The molecule has 0 heterocycles. The minimum Gasteiger partial charge on any atom is -0.497 e. The van der Waals surface area contributed by atoms with E-state index >= 15 is 0 Å². The van der Waals surface area contributed by atoms with Gasteiger partial charge in [-0.3, -0.25) is 4.79 Å². The minimum atomic E-state index is -0.681. The van der Waals surface area contributed by atoms with Crippen LogP contribution >= 0.6 is 0 Å². The van der Waals surface area contributed by atoms with Crippen LogP contribution in [-0.2, 0) is 9.53 Å². The fourth-order valence-corrected chi connectivity index (χ4v) is 3.87. The molecule has 0 saturated heterocycles. The van der Waals surface area contributed by atoms with Gasteiger partial charge in [0.15, 0.2) is 0 Å². The molecule has 0 aliphatic carbocycles. The summed E-state index contributed by atoms with van der Waals surface area (Å²) in [6.07, 6.45) is 19.6. The minimum absolute atomic E-state index is 0.315. The number of nitrogens with one attached hydrogen (secondary N) is 1. The largest absolute Gasteiger partial charge is 0.497 e. The lowest BCUT2D eigenvalue weighted by Gasteiger charge is -2.14. The highest BCUT2D eigenvalue weighted by molar-refractivity contribution is 5.97. The average molecular weight is 462 g/mol. The number of hydrogen-bond acceptors (Lipinski definition) is 4. The maximum atomic E-state index is 12.3. The van der Waals surface area contributed by atoms with Crippen LogP contribution in [0.3, 0.4) is 0 Å². The Morgan fingerprint density at radius 2 is 1.33 bits per heavy atom. The fourth-order valence-electron chi connectivity index (χ4n) is 3.87. The molecule has 5 heteroatoms. The van der Waals surface area contributed by atoms with Gasteiger partial charge in [-0.25, -0.2) is 4.79 Å². The SMILES string of the molecule is CCCCCCCCCCCCCCCCCOC(=O)C(C)NC(=O)c1cccc(OC)c1. The third-order valence-electron chi connectivity index (χ3n) is 6.03. The summed E-state index contributed by atoms with van der Waals surface area (Å²) in [4.78, 5) is 24.4. The summed E-state index contributed by atoms with van der Waals surface area (Å²) in [6.45, 7) is 4.33. The van der Waals surface area contributed by atoms with Crippen LogP contribution in [-0.4, -0.2) is 31.6 Å². The van der Waals surface area contributed by atoms with E-state index in [0.29, 0.717) is 17.9 Å². The molecule has 33 heavy (non-hydrogen) atoms. The van der Waals surface area contributed by atoms with Gasteiger partial charge < -0.3 is 14.8 Å². The molecule has 5 nitrogen and oxygen atoms in total. The number of benzene rings is 1. The first kappa shape index (κ1) is 29.0. The van der Waals surface area contributed by atoms with Gasteiger partial charge in [-0.15, -0.1) is 0 Å². The van der Waals surface area contributed by atoms with E-state index in [1.54, 1.807) is 38.3 Å². The van der Waals surface area contributed by atoms with Gasteiger partial charge in [0.2, 0.25) is 0 Å². The number of ether oxygens (including phenoxy) is 2. The summed E-state index contributed by atoms with van der Waals surface area (Å²) >= 11 is 0. The lowest BCUT2D eigenvalue weighted by Crippen LogP contribution is -2.39. The molecule has 0 fully saturated rings. The van der Waals surface area contributed by atoms with Gasteiger partial charge in [0, 0.05) is 5.56 Å². The van der Waals surface area contributed by atoms with Crippen LogP contribution in [0.15, 0.2) is 24.3 Å². The highest BCUT2D eigenvalue weighted by atomic mass is 16.5. The second-order valence-corrected chi connectivity index (χ2v) is 9.04. The van der Waals surface area contributed by atoms with Crippen molar-refractivity contribution in [3.63, 3.8) is 0 Å². The molecule has 1 amide bonds. The van der Waals surface area contributed by atoms with Gasteiger partial charge in [0.1, 0.15) is 11.8 Å². The first-order valence-corrected chi connectivity index (χ1v) is 13.2. The molecule has 1 rings (SSSR count). The molecule has 0 radical (unpaired) electrons. The standard InChI is InChI=1S/C28H47NO4/c1-4-5-6-7-8-9-10-11-12-13-14-15-16-17-18-22-33-28(31)24(2)29-27(30)25-20-19-21-26(23-25)32-3/h19-21,23-24H,4-18,22H2,1-3H3,(H,29,30). The number of esters is 1. The molecule has 0 saturated carbocycles. The Labute approximate surface area is 202 Å². The monoisotopic (exact) mass is 461 g/mol. The second kappa shape index (κ2) is 19.4. The van der Waals surface area contributed by atoms with Crippen molar-refractivity contribution in [2.24, 2.45) is 0 Å². The second-order valence-electron chi connectivity index (χ2n) is 9.04. The summed E-state index contributed by atoms with van der Waals surface area (Å²) in [5, 5.41) is 2.68. The molecule has 188 valence electrons. The van der Waals surface area contributed by atoms with Crippen molar-refractivity contribution in [1.29, 1.82) is 0 Å².